The second kappa shape index (κ2) is 4.26. The predicted octanol–water partition coefficient (Wildman–Crippen LogP) is 2.71. The summed E-state index contributed by atoms with van der Waals surface area (Å²) in [6.45, 7) is 11.9. The maximum absolute atomic E-state index is 10.6. The van der Waals surface area contributed by atoms with E-state index in [2.05, 4.69) is 33.9 Å². The lowest BCUT2D eigenvalue weighted by atomic mass is 10.1. The van der Waals surface area contributed by atoms with Crippen molar-refractivity contribution in [3.05, 3.63) is 0 Å². The van der Waals surface area contributed by atoms with Crippen LogP contribution in [0.15, 0.2) is 0 Å². The van der Waals surface area contributed by atoms with Crippen LogP contribution < -0.4 is 0 Å². The molecule has 4 heteroatoms. The van der Waals surface area contributed by atoms with Gasteiger partial charge >= 0.3 is 5.97 Å². The molecule has 1 atom stereocenters. The second-order valence-corrected chi connectivity index (χ2v) is 10.5. The van der Waals surface area contributed by atoms with Gasteiger partial charge in [-0.05, 0) is 18.1 Å². The molecular formula is C11H22O3Si. The van der Waals surface area contributed by atoms with Crippen LogP contribution in [0.1, 0.15) is 33.6 Å². The molecule has 0 radical (unpaired) electrons. The van der Waals surface area contributed by atoms with E-state index >= 15 is 0 Å². The number of cyclic esters (lactones) is 1. The lowest BCUT2D eigenvalue weighted by Gasteiger charge is -2.37. The van der Waals surface area contributed by atoms with Crippen molar-refractivity contribution >= 4 is 14.3 Å². The third kappa shape index (κ3) is 3.31. The van der Waals surface area contributed by atoms with E-state index in [0.29, 0.717) is 13.0 Å². The van der Waals surface area contributed by atoms with E-state index in [4.69, 9.17) is 9.16 Å². The van der Waals surface area contributed by atoms with Gasteiger partial charge in [0.25, 0.3) is 0 Å². The molecule has 0 aliphatic carbocycles. The van der Waals surface area contributed by atoms with Crippen LogP contribution in [0.4, 0.5) is 0 Å². The maximum atomic E-state index is 10.6. The van der Waals surface area contributed by atoms with Gasteiger partial charge in [-0.25, -0.2) is 0 Å². The van der Waals surface area contributed by atoms with Crippen molar-refractivity contribution in [1.29, 1.82) is 0 Å². The summed E-state index contributed by atoms with van der Waals surface area (Å²) in [5, 5.41) is 0.253. The molecule has 1 aliphatic heterocycles. The van der Waals surface area contributed by atoms with Crippen molar-refractivity contribution in [3.8, 4) is 0 Å². The molecular weight excluding hydrogens is 208 g/mol. The minimum atomic E-state index is -1.62. The highest BCUT2D eigenvalue weighted by Crippen LogP contribution is 2.36. The highest BCUT2D eigenvalue weighted by molar-refractivity contribution is 6.74. The van der Waals surface area contributed by atoms with Crippen molar-refractivity contribution in [2.24, 2.45) is 0 Å². The van der Waals surface area contributed by atoms with E-state index in [9.17, 15) is 4.79 Å². The zero-order valence-corrected chi connectivity index (χ0v) is 11.4. The number of hydrogen-bond donors (Lipinski definition) is 0. The highest BCUT2D eigenvalue weighted by atomic mass is 28.4. The zero-order valence-electron chi connectivity index (χ0n) is 10.4. The number of carbonyl (C=O) groups excluding carboxylic acids is 1. The van der Waals surface area contributed by atoms with E-state index in [1.165, 1.54) is 0 Å². The fraction of sp³-hybridized carbons (Fsp3) is 0.909. The summed E-state index contributed by atoms with van der Waals surface area (Å²) < 4.78 is 10.9. The molecule has 0 saturated carbocycles. The molecule has 0 amide bonds. The first-order chi connectivity index (χ1) is 6.72. The van der Waals surface area contributed by atoms with E-state index in [0.717, 1.165) is 6.42 Å². The molecule has 15 heavy (non-hydrogen) atoms. The molecule has 1 aliphatic rings. The van der Waals surface area contributed by atoms with Crippen LogP contribution in [0.3, 0.4) is 0 Å². The van der Waals surface area contributed by atoms with Crippen molar-refractivity contribution in [3.63, 3.8) is 0 Å². The fourth-order valence-corrected chi connectivity index (χ4v) is 2.25. The van der Waals surface area contributed by atoms with Crippen molar-refractivity contribution in [2.45, 2.75) is 57.8 Å². The third-order valence-electron chi connectivity index (χ3n) is 3.40. The molecule has 0 aromatic carbocycles. The Morgan fingerprint density at radius 2 is 2.00 bits per heavy atom. The minimum Gasteiger partial charge on any atom is -0.462 e. The molecule has 1 heterocycles. The number of carbonyl (C=O) groups is 1. The quantitative estimate of drug-likeness (QED) is 0.550. The van der Waals surface area contributed by atoms with Crippen LogP contribution in [0, 0.1) is 0 Å². The molecule has 0 N–H and O–H groups in total. The van der Waals surface area contributed by atoms with Gasteiger partial charge in [0.05, 0.1) is 6.42 Å². The van der Waals surface area contributed by atoms with Crippen LogP contribution in [-0.2, 0) is 14.0 Å². The Morgan fingerprint density at radius 3 is 2.40 bits per heavy atom. The first-order valence-corrected chi connectivity index (χ1v) is 8.47. The summed E-state index contributed by atoms with van der Waals surface area (Å²) in [6, 6.07) is 0. The SMILES string of the molecule is CC(C)(C)[Si](C)(C)OCCC1CC(=O)O1. The summed E-state index contributed by atoms with van der Waals surface area (Å²) in [6.07, 6.45) is 1.53. The zero-order chi connectivity index (χ0) is 11.7. The normalized spacial score (nSPS) is 22.2. The summed E-state index contributed by atoms with van der Waals surface area (Å²) in [7, 11) is -1.62. The van der Waals surface area contributed by atoms with Gasteiger partial charge in [-0.2, -0.15) is 0 Å². The largest absolute Gasteiger partial charge is 0.462 e. The minimum absolute atomic E-state index is 0.0765. The molecule has 1 fully saturated rings. The molecule has 88 valence electrons. The third-order valence-corrected chi connectivity index (χ3v) is 7.94. The molecule has 0 aromatic rings. The molecule has 0 aromatic heterocycles. The van der Waals surface area contributed by atoms with Gasteiger partial charge in [0.1, 0.15) is 6.10 Å². The predicted molar refractivity (Wildman–Crippen MR) is 62.3 cm³/mol. The topological polar surface area (TPSA) is 35.5 Å². The van der Waals surface area contributed by atoms with Gasteiger partial charge in [0, 0.05) is 13.0 Å². The van der Waals surface area contributed by atoms with E-state index < -0.39 is 8.32 Å². The van der Waals surface area contributed by atoms with E-state index in [1.54, 1.807) is 0 Å². The van der Waals surface area contributed by atoms with Gasteiger partial charge in [0.15, 0.2) is 8.32 Å². The molecule has 1 saturated heterocycles. The summed E-state index contributed by atoms with van der Waals surface area (Å²) in [4.78, 5) is 10.6. The van der Waals surface area contributed by atoms with Crippen molar-refractivity contribution < 1.29 is 14.0 Å². The Balaban J connectivity index is 2.22. The number of hydrogen-bond acceptors (Lipinski definition) is 3. The maximum Gasteiger partial charge on any atom is 0.309 e. The van der Waals surface area contributed by atoms with Crippen molar-refractivity contribution in [1.82, 2.24) is 0 Å². The molecule has 0 spiro atoms. The molecule has 1 rings (SSSR count). The summed E-state index contributed by atoms with van der Waals surface area (Å²) in [5.41, 5.74) is 0. The second-order valence-electron chi connectivity index (χ2n) is 5.71. The first kappa shape index (κ1) is 12.7. The summed E-state index contributed by atoms with van der Waals surface area (Å²) in [5.74, 6) is -0.0765. The van der Waals surface area contributed by atoms with E-state index in [-0.39, 0.29) is 17.1 Å². The first-order valence-electron chi connectivity index (χ1n) is 5.56. The van der Waals surface area contributed by atoms with Crippen LogP contribution >= 0.6 is 0 Å². The Hall–Kier alpha value is -0.353. The smallest absolute Gasteiger partial charge is 0.309 e. The highest BCUT2D eigenvalue weighted by Gasteiger charge is 2.37. The molecule has 3 nitrogen and oxygen atoms in total. The van der Waals surface area contributed by atoms with Gasteiger partial charge < -0.3 is 9.16 Å². The number of rotatable bonds is 4. The lowest BCUT2D eigenvalue weighted by molar-refractivity contribution is -0.170. The Kier molecular flexibility index (Phi) is 3.61. The van der Waals surface area contributed by atoms with Crippen LogP contribution in [0.2, 0.25) is 18.1 Å². The van der Waals surface area contributed by atoms with Gasteiger partial charge in [-0.3, -0.25) is 4.79 Å². The molecule has 1 unspecified atom stereocenters. The van der Waals surface area contributed by atoms with Gasteiger partial charge in [-0.15, -0.1) is 0 Å². The Morgan fingerprint density at radius 1 is 1.47 bits per heavy atom. The summed E-state index contributed by atoms with van der Waals surface area (Å²) >= 11 is 0. The van der Waals surface area contributed by atoms with Crippen LogP contribution in [0.5, 0.6) is 0 Å². The average Bonchev–Trinajstić information content (AvgIpc) is 1.98. The van der Waals surface area contributed by atoms with Crippen LogP contribution in [0.25, 0.3) is 0 Å². The standard InChI is InChI=1S/C11H22O3Si/c1-11(2,3)15(4,5)13-7-6-9-8-10(12)14-9/h9H,6-8H2,1-5H3. The van der Waals surface area contributed by atoms with Gasteiger partial charge in [0.2, 0.25) is 0 Å². The Bertz CT molecular complexity index is 235. The number of esters is 1. The van der Waals surface area contributed by atoms with Crippen molar-refractivity contribution in [2.75, 3.05) is 6.61 Å². The lowest BCUT2D eigenvalue weighted by Crippen LogP contribution is -2.42. The van der Waals surface area contributed by atoms with E-state index in [1.807, 2.05) is 0 Å². The average molecular weight is 230 g/mol. The Labute approximate surface area is 93.3 Å². The number of ether oxygens (including phenoxy) is 1. The molecule has 0 bridgehead atoms. The fourth-order valence-electron chi connectivity index (χ4n) is 1.19. The van der Waals surface area contributed by atoms with Gasteiger partial charge in [-0.1, -0.05) is 20.8 Å². The monoisotopic (exact) mass is 230 g/mol. The van der Waals surface area contributed by atoms with Crippen LogP contribution in [-0.4, -0.2) is 27.0 Å².